The van der Waals surface area contributed by atoms with Gasteiger partial charge >= 0.3 is 0 Å². The largest absolute Gasteiger partial charge is 0.358 e. The van der Waals surface area contributed by atoms with Gasteiger partial charge in [-0.15, -0.1) is 0 Å². The number of nitrogens with zero attached hydrogens (tertiary/aromatic N) is 1. The van der Waals surface area contributed by atoms with Gasteiger partial charge in [0.2, 0.25) is 5.91 Å². The summed E-state index contributed by atoms with van der Waals surface area (Å²) in [5, 5.41) is 14.7. The Labute approximate surface area is 167 Å². The zero-order chi connectivity index (χ0) is 20.4. The number of aromatic nitrogens is 1. The number of aryl methyl sites for hydroxylation is 1. The minimum Gasteiger partial charge on any atom is -0.358 e. The molecule has 1 atom stereocenters. The number of fused-ring (bicyclic) bond motifs is 3. The lowest BCUT2D eigenvalue weighted by molar-refractivity contribution is -0.384. The van der Waals surface area contributed by atoms with E-state index in [1.165, 1.54) is 23.4 Å². The van der Waals surface area contributed by atoms with E-state index in [1.54, 1.807) is 24.3 Å². The Morgan fingerprint density at radius 2 is 2.07 bits per heavy atom. The molecule has 4 rings (SSSR count). The van der Waals surface area contributed by atoms with Crippen LogP contribution in [0.3, 0.4) is 0 Å². The molecular formula is C22H22N4O3. The third-order valence-electron chi connectivity index (χ3n) is 5.23. The molecule has 7 nitrogen and oxygen atoms in total. The summed E-state index contributed by atoms with van der Waals surface area (Å²) in [6, 6.07) is 12.3. The van der Waals surface area contributed by atoms with Gasteiger partial charge in [0, 0.05) is 46.9 Å². The number of carbonyl (C=O) groups excluding carboxylic acids is 1. The topological polar surface area (TPSA) is 114 Å². The molecule has 0 radical (unpaired) electrons. The lowest BCUT2D eigenvalue weighted by atomic mass is 9.92. The predicted molar refractivity (Wildman–Crippen MR) is 114 cm³/mol. The molecule has 0 fully saturated rings. The highest BCUT2D eigenvalue weighted by molar-refractivity contribution is 5.96. The van der Waals surface area contributed by atoms with Crippen LogP contribution in [-0.4, -0.2) is 21.9 Å². The molecule has 3 aromatic rings. The average Bonchev–Trinajstić information content (AvgIpc) is 3.05. The summed E-state index contributed by atoms with van der Waals surface area (Å²) < 4.78 is 0. The van der Waals surface area contributed by atoms with Crippen LogP contribution in [0.2, 0.25) is 0 Å². The quantitative estimate of drug-likeness (QED) is 0.452. The number of anilines is 1. The van der Waals surface area contributed by atoms with Gasteiger partial charge in [-0.05, 0) is 60.7 Å². The van der Waals surface area contributed by atoms with Gasteiger partial charge in [0.05, 0.1) is 4.92 Å². The third kappa shape index (κ3) is 4.20. The predicted octanol–water partition coefficient (Wildman–Crippen LogP) is 3.93. The molecule has 148 valence electrons. The number of rotatable bonds is 5. The van der Waals surface area contributed by atoms with Crippen molar-refractivity contribution in [1.29, 1.82) is 0 Å². The first kappa shape index (κ1) is 18.9. The molecule has 4 N–H and O–H groups in total. The number of hydrogen-bond donors (Lipinski definition) is 3. The molecule has 1 aliphatic rings. The second kappa shape index (κ2) is 7.89. The summed E-state index contributed by atoms with van der Waals surface area (Å²) in [6.07, 6.45) is 6.53. The van der Waals surface area contributed by atoms with Gasteiger partial charge in [-0.25, -0.2) is 0 Å². The van der Waals surface area contributed by atoms with E-state index in [1.807, 2.05) is 18.2 Å². The Hall–Kier alpha value is -3.45. The van der Waals surface area contributed by atoms with Crippen LogP contribution in [0.5, 0.6) is 0 Å². The van der Waals surface area contributed by atoms with Crippen molar-refractivity contribution in [2.75, 3.05) is 5.32 Å². The van der Waals surface area contributed by atoms with Crippen LogP contribution in [0.25, 0.3) is 17.0 Å². The fourth-order valence-electron chi connectivity index (χ4n) is 3.74. The molecule has 2 aromatic carbocycles. The van der Waals surface area contributed by atoms with E-state index in [4.69, 9.17) is 5.73 Å². The molecule has 1 aromatic heterocycles. The molecule has 0 saturated heterocycles. The maximum atomic E-state index is 12.3. The molecular weight excluding hydrogens is 368 g/mol. The SMILES string of the molecule is NC1CCc2[nH]c3ccc(NC(=O)C/C=C/c4ccc([N+](=O)[O-])cc4)cc3c2C1. The van der Waals surface area contributed by atoms with Gasteiger partial charge in [-0.3, -0.25) is 14.9 Å². The number of nitrogens with one attached hydrogen (secondary N) is 2. The number of aromatic amines is 1. The lowest BCUT2D eigenvalue weighted by Gasteiger charge is -2.18. The van der Waals surface area contributed by atoms with E-state index < -0.39 is 4.92 Å². The number of benzene rings is 2. The summed E-state index contributed by atoms with van der Waals surface area (Å²) in [4.78, 5) is 26.0. The fraction of sp³-hybridized carbons (Fsp3) is 0.227. The fourth-order valence-corrected chi connectivity index (χ4v) is 3.74. The zero-order valence-corrected chi connectivity index (χ0v) is 15.9. The molecule has 1 aliphatic carbocycles. The standard InChI is InChI=1S/C22H22N4O3/c23-15-6-10-20-18(12-15)19-13-16(7-11-21(19)25-20)24-22(27)3-1-2-14-4-8-17(9-5-14)26(28)29/h1-2,4-5,7-9,11,13,15,25H,3,6,10,12,23H2,(H,24,27)/b2-1+. The number of hydrogen-bond acceptors (Lipinski definition) is 4. The van der Waals surface area contributed by atoms with E-state index in [2.05, 4.69) is 10.3 Å². The first-order valence-electron chi connectivity index (χ1n) is 9.59. The second-order valence-electron chi connectivity index (χ2n) is 7.35. The zero-order valence-electron chi connectivity index (χ0n) is 15.9. The van der Waals surface area contributed by atoms with E-state index >= 15 is 0 Å². The van der Waals surface area contributed by atoms with E-state index in [0.29, 0.717) is 0 Å². The lowest BCUT2D eigenvalue weighted by Crippen LogP contribution is -2.27. The highest BCUT2D eigenvalue weighted by atomic mass is 16.6. The molecule has 1 amide bonds. The number of non-ortho nitro benzene ring substituents is 1. The minimum absolute atomic E-state index is 0.0446. The molecule has 0 aliphatic heterocycles. The minimum atomic E-state index is -0.437. The van der Waals surface area contributed by atoms with Crippen LogP contribution >= 0.6 is 0 Å². The van der Waals surface area contributed by atoms with Crippen molar-refractivity contribution in [3.8, 4) is 0 Å². The summed E-state index contributed by atoms with van der Waals surface area (Å²) in [7, 11) is 0. The highest BCUT2D eigenvalue weighted by Crippen LogP contribution is 2.30. The number of nitro benzene ring substituents is 1. The summed E-state index contributed by atoms with van der Waals surface area (Å²) in [5.74, 6) is -0.122. The normalized spacial score (nSPS) is 16.1. The molecule has 1 heterocycles. The van der Waals surface area contributed by atoms with E-state index in [0.717, 1.165) is 41.4 Å². The number of amides is 1. The van der Waals surface area contributed by atoms with Gasteiger partial charge in [0.25, 0.3) is 5.69 Å². The number of H-pyrrole nitrogens is 1. The van der Waals surface area contributed by atoms with E-state index in [9.17, 15) is 14.9 Å². The summed E-state index contributed by atoms with van der Waals surface area (Å²) in [5.41, 5.74) is 11.3. The Balaban J connectivity index is 1.41. The molecule has 29 heavy (non-hydrogen) atoms. The highest BCUT2D eigenvalue weighted by Gasteiger charge is 2.20. The smallest absolute Gasteiger partial charge is 0.269 e. The van der Waals surface area contributed by atoms with E-state index in [-0.39, 0.29) is 24.1 Å². The second-order valence-corrected chi connectivity index (χ2v) is 7.35. The Morgan fingerprint density at radius 1 is 1.28 bits per heavy atom. The van der Waals surface area contributed by atoms with Crippen molar-refractivity contribution < 1.29 is 9.72 Å². The van der Waals surface area contributed by atoms with Crippen LogP contribution in [-0.2, 0) is 17.6 Å². The van der Waals surface area contributed by atoms with Gasteiger partial charge in [-0.1, -0.05) is 12.2 Å². The molecule has 0 spiro atoms. The van der Waals surface area contributed by atoms with Gasteiger partial charge in [-0.2, -0.15) is 0 Å². The van der Waals surface area contributed by atoms with Crippen LogP contribution in [0.4, 0.5) is 11.4 Å². The Kier molecular flexibility index (Phi) is 5.14. The maximum Gasteiger partial charge on any atom is 0.269 e. The summed E-state index contributed by atoms with van der Waals surface area (Å²) >= 11 is 0. The number of nitrogens with two attached hydrogens (primary N) is 1. The average molecular weight is 390 g/mol. The van der Waals surface area contributed by atoms with Crippen LogP contribution in [0.15, 0.2) is 48.5 Å². The van der Waals surface area contributed by atoms with Crippen molar-refractivity contribution in [2.45, 2.75) is 31.7 Å². The first-order valence-corrected chi connectivity index (χ1v) is 9.59. The van der Waals surface area contributed by atoms with Crippen molar-refractivity contribution in [2.24, 2.45) is 5.73 Å². The Morgan fingerprint density at radius 3 is 2.83 bits per heavy atom. The van der Waals surface area contributed by atoms with Crippen molar-refractivity contribution in [3.63, 3.8) is 0 Å². The molecule has 7 heteroatoms. The van der Waals surface area contributed by atoms with Crippen LogP contribution in [0, 0.1) is 10.1 Å². The Bertz CT molecular complexity index is 1100. The number of carbonyl (C=O) groups is 1. The molecule has 0 bridgehead atoms. The van der Waals surface area contributed by atoms with Crippen molar-refractivity contribution >= 4 is 34.3 Å². The maximum absolute atomic E-state index is 12.3. The molecule has 1 unspecified atom stereocenters. The van der Waals surface area contributed by atoms with Crippen molar-refractivity contribution in [1.82, 2.24) is 4.98 Å². The first-order chi connectivity index (χ1) is 14.0. The van der Waals surface area contributed by atoms with Crippen LogP contribution in [0.1, 0.15) is 29.7 Å². The molecule has 0 saturated carbocycles. The van der Waals surface area contributed by atoms with Crippen LogP contribution < -0.4 is 11.1 Å². The third-order valence-corrected chi connectivity index (χ3v) is 5.23. The number of nitro groups is 1. The van der Waals surface area contributed by atoms with Gasteiger partial charge < -0.3 is 16.0 Å². The van der Waals surface area contributed by atoms with Crippen molar-refractivity contribution in [3.05, 3.63) is 75.5 Å². The monoisotopic (exact) mass is 390 g/mol. The van der Waals surface area contributed by atoms with Gasteiger partial charge in [0.1, 0.15) is 0 Å². The van der Waals surface area contributed by atoms with Gasteiger partial charge in [0.15, 0.2) is 0 Å². The summed E-state index contributed by atoms with van der Waals surface area (Å²) in [6.45, 7) is 0.